The summed E-state index contributed by atoms with van der Waals surface area (Å²) < 4.78 is 5.69. The quantitative estimate of drug-likeness (QED) is 0.338. The molecule has 0 radical (unpaired) electrons. The molecule has 1 saturated carbocycles. The minimum atomic E-state index is -0.639. The Morgan fingerprint density at radius 1 is 1.32 bits per heavy atom. The van der Waals surface area contributed by atoms with Gasteiger partial charge in [-0.05, 0) is 44.1 Å². The lowest BCUT2D eigenvalue weighted by molar-refractivity contribution is -0.0154. The average molecular weight is 366 g/mol. The molecule has 1 aromatic carbocycles. The molecule has 0 aromatic heterocycles. The molecule has 5 nitrogen and oxygen atoms in total. The highest BCUT2D eigenvalue weighted by Crippen LogP contribution is 2.41. The summed E-state index contributed by atoms with van der Waals surface area (Å²) in [6, 6.07) is 9.84. The smallest absolute Gasteiger partial charge is 0.191 e. The molecule has 140 valence electrons. The van der Waals surface area contributed by atoms with Crippen molar-refractivity contribution in [1.82, 2.24) is 10.6 Å². The van der Waals surface area contributed by atoms with E-state index in [0.717, 1.165) is 49.8 Å². The van der Waals surface area contributed by atoms with Crippen molar-refractivity contribution < 1.29 is 9.84 Å². The van der Waals surface area contributed by atoms with Crippen LogP contribution in [0.1, 0.15) is 33.1 Å². The Kier molecular flexibility index (Phi) is 8.41. The summed E-state index contributed by atoms with van der Waals surface area (Å²) in [7, 11) is 0. The maximum Gasteiger partial charge on any atom is 0.191 e. The fourth-order valence-electron chi connectivity index (χ4n) is 2.76. The number of aliphatic hydroxyl groups is 1. The van der Waals surface area contributed by atoms with Gasteiger partial charge in [0.05, 0.1) is 18.8 Å². The van der Waals surface area contributed by atoms with Crippen molar-refractivity contribution >= 4 is 17.7 Å². The van der Waals surface area contributed by atoms with Crippen LogP contribution in [0.2, 0.25) is 0 Å². The van der Waals surface area contributed by atoms with E-state index in [4.69, 9.17) is 4.74 Å². The number of nitrogens with one attached hydrogen (secondary N) is 2. The van der Waals surface area contributed by atoms with Crippen molar-refractivity contribution in [2.45, 2.75) is 44.0 Å². The summed E-state index contributed by atoms with van der Waals surface area (Å²) in [5, 5.41) is 17.5. The van der Waals surface area contributed by atoms with Gasteiger partial charge in [-0.15, -0.1) is 0 Å². The van der Waals surface area contributed by atoms with Crippen LogP contribution in [0.4, 0.5) is 0 Å². The zero-order valence-electron chi connectivity index (χ0n) is 15.3. The van der Waals surface area contributed by atoms with Crippen LogP contribution < -0.4 is 15.4 Å². The van der Waals surface area contributed by atoms with Crippen molar-refractivity contribution in [2.24, 2.45) is 4.99 Å². The molecule has 0 saturated heterocycles. The topological polar surface area (TPSA) is 65.9 Å². The zero-order valence-corrected chi connectivity index (χ0v) is 16.1. The van der Waals surface area contributed by atoms with Crippen LogP contribution in [0.5, 0.6) is 5.75 Å². The molecule has 3 N–H and O–H groups in total. The van der Waals surface area contributed by atoms with E-state index in [1.807, 2.05) is 49.0 Å². The second-order valence-electron chi connectivity index (χ2n) is 6.22. The first kappa shape index (κ1) is 19.9. The van der Waals surface area contributed by atoms with Gasteiger partial charge in [0, 0.05) is 18.3 Å². The number of ether oxygens (including phenoxy) is 1. The molecule has 1 aliphatic carbocycles. The Morgan fingerprint density at radius 2 is 2.12 bits per heavy atom. The van der Waals surface area contributed by atoms with Crippen LogP contribution in [0.25, 0.3) is 0 Å². The average Bonchev–Trinajstić information content (AvgIpc) is 2.63. The molecule has 2 rings (SSSR count). The third kappa shape index (κ3) is 6.44. The summed E-state index contributed by atoms with van der Waals surface area (Å²) in [4.78, 5) is 4.59. The fourth-order valence-corrected chi connectivity index (χ4v) is 3.95. The van der Waals surface area contributed by atoms with Crippen LogP contribution in [0.3, 0.4) is 0 Å². The Labute approximate surface area is 155 Å². The lowest BCUT2D eigenvalue weighted by Gasteiger charge is -2.44. The van der Waals surface area contributed by atoms with Gasteiger partial charge < -0.3 is 20.5 Å². The number of thioether (sulfide) groups is 1. The van der Waals surface area contributed by atoms with Gasteiger partial charge >= 0.3 is 0 Å². The van der Waals surface area contributed by atoms with Crippen molar-refractivity contribution in [3.05, 3.63) is 30.3 Å². The third-order valence-electron chi connectivity index (χ3n) is 4.29. The molecule has 25 heavy (non-hydrogen) atoms. The molecule has 1 fully saturated rings. The highest BCUT2D eigenvalue weighted by Gasteiger charge is 2.45. The van der Waals surface area contributed by atoms with Gasteiger partial charge in [0.1, 0.15) is 5.75 Å². The first-order valence-corrected chi connectivity index (χ1v) is 10.3. The predicted octanol–water partition coefficient (Wildman–Crippen LogP) is 2.66. The Bertz CT molecular complexity index is 527. The molecule has 0 aliphatic heterocycles. The van der Waals surface area contributed by atoms with Crippen LogP contribution in [0.15, 0.2) is 35.3 Å². The maximum absolute atomic E-state index is 10.7. The normalized spacial score (nSPS) is 23.0. The molecule has 0 spiro atoms. The highest BCUT2D eigenvalue weighted by molar-refractivity contribution is 8.00. The number of guanidine groups is 1. The van der Waals surface area contributed by atoms with E-state index in [9.17, 15) is 5.11 Å². The van der Waals surface area contributed by atoms with Gasteiger partial charge in [-0.3, -0.25) is 4.99 Å². The minimum absolute atomic E-state index is 0.323. The van der Waals surface area contributed by atoms with Crippen molar-refractivity contribution in [1.29, 1.82) is 0 Å². The number of para-hydroxylation sites is 1. The van der Waals surface area contributed by atoms with E-state index in [1.54, 1.807) is 0 Å². The van der Waals surface area contributed by atoms with E-state index in [1.165, 1.54) is 0 Å². The molecule has 1 aromatic rings. The predicted molar refractivity (Wildman–Crippen MR) is 107 cm³/mol. The Hall–Kier alpha value is -1.40. The molecule has 6 heteroatoms. The zero-order chi connectivity index (χ0) is 18.0. The maximum atomic E-state index is 10.7. The number of nitrogens with zero attached hydrogens (tertiary/aromatic N) is 1. The standard InChI is InChI=1S/C19H31N3O2S/c1-3-20-18(22-15-19(23)12-11-17(19)25-4-2)21-13-8-14-24-16-9-6-5-7-10-16/h5-7,9-10,17,23H,3-4,8,11-15H2,1-2H3,(H2,20,21,22). The van der Waals surface area contributed by atoms with Crippen LogP contribution in [0, 0.1) is 0 Å². The van der Waals surface area contributed by atoms with Gasteiger partial charge in [0.25, 0.3) is 0 Å². The Morgan fingerprint density at radius 3 is 2.76 bits per heavy atom. The molecular formula is C19H31N3O2S. The van der Waals surface area contributed by atoms with E-state index in [2.05, 4.69) is 22.5 Å². The summed E-state index contributed by atoms with van der Waals surface area (Å²) in [5.41, 5.74) is -0.639. The van der Waals surface area contributed by atoms with Gasteiger partial charge in [-0.2, -0.15) is 11.8 Å². The second kappa shape index (κ2) is 10.6. The number of rotatable bonds is 10. The number of benzene rings is 1. The van der Waals surface area contributed by atoms with Crippen molar-refractivity contribution in [2.75, 3.05) is 32.0 Å². The SMILES string of the molecule is CCNC(=NCC1(O)CCC1SCC)NCCCOc1ccccc1. The van der Waals surface area contributed by atoms with Crippen LogP contribution in [-0.2, 0) is 0 Å². The molecule has 0 bridgehead atoms. The molecule has 2 atom stereocenters. The van der Waals surface area contributed by atoms with Gasteiger partial charge in [0.2, 0.25) is 0 Å². The van der Waals surface area contributed by atoms with Gasteiger partial charge in [0.15, 0.2) is 5.96 Å². The molecule has 1 aliphatic rings. The van der Waals surface area contributed by atoms with Crippen LogP contribution >= 0.6 is 11.8 Å². The van der Waals surface area contributed by atoms with E-state index in [-0.39, 0.29) is 0 Å². The molecule has 0 amide bonds. The van der Waals surface area contributed by atoms with Crippen LogP contribution in [-0.4, -0.2) is 53.9 Å². The van der Waals surface area contributed by atoms with Gasteiger partial charge in [-0.1, -0.05) is 25.1 Å². The number of aliphatic imine (C=N–C) groups is 1. The highest BCUT2D eigenvalue weighted by atomic mass is 32.2. The molecule has 0 heterocycles. The lowest BCUT2D eigenvalue weighted by Crippen LogP contribution is -2.53. The summed E-state index contributed by atoms with van der Waals surface area (Å²) in [6.45, 7) is 6.89. The Balaban J connectivity index is 1.70. The van der Waals surface area contributed by atoms with Crippen molar-refractivity contribution in [3.8, 4) is 5.75 Å². The first-order chi connectivity index (χ1) is 12.2. The summed E-state index contributed by atoms with van der Waals surface area (Å²) in [6.07, 6.45) is 2.82. The molecule has 2 unspecified atom stereocenters. The van der Waals surface area contributed by atoms with E-state index < -0.39 is 5.60 Å². The fraction of sp³-hybridized carbons (Fsp3) is 0.632. The van der Waals surface area contributed by atoms with E-state index in [0.29, 0.717) is 18.4 Å². The van der Waals surface area contributed by atoms with Gasteiger partial charge in [-0.25, -0.2) is 0 Å². The lowest BCUT2D eigenvalue weighted by atomic mass is 9.79. The summed E-state index contributed by atoms with van der Waals surface area (Å²) >= 11 is 1.84. The second-order valence-corrected chi connectivity index (χ2v) is 7.70. The summed E-state index contributed by atoms with van der Waals surface area (Å²) in [5.74, 6) is 2.70. The van der Waals surface area contributed by atoms with Crippen molar-refractivity contribution in [3.63, 3.8) is 0 Å². The molecular weight excluding hydrogens is 334 g/mol. The van der Waals surface area contributed by atoms with E-state index >= 15 is 0 Å². The third-order valence-corrected chi connectivity index (χ3v) is 5.70. The number of hydrogen-bond donors (Lipinski definition) is 3. The number of hydrogen-bond acceptors (Lipinski definition) is 4. The first-order valence-electron chi connectivity index (χ1n) is 9.22. The largest absolute Gasteiger partial charge is 0.494 e. The monoisotopic (exact) mass is 365 g/mol. The minimum Gasteiger partial charge on any atom is -0.494 e.